The minimum atomic E-state index is 0.654. The smallest absolute Gasteiger partial charge is 0.0316 e. The van der Waals surface area contributed by atoms with Crippen molar-refractivity contribution in [1.82, 2.24) is 5.32 Å². The molecule has 0 heterocycles. The average Bonchev–Trinajstić information content (AvgIpc) is 2.30. The molecule has 0 aliphatic heterocycles. The number of nitrogens with one attached hydrogen (secondary N) is 1. The molecule has 0 radical (unpaired) electrons. The van der Waals surface area contributed by atoms with E-state index in [1.807, 2.05) is 18.2 Å². The van der Waals surface area contributed by atoms with Crippen LogP contribution in [0, 0.1) is 0 Å². The summed E-state index contributed by atoms with van der Waals surface area (Å²) in [6.45, 7) is 9.86. The minimum Gasteiger partial charge on any atom is -0.399 e. The van der Waals surface area contributed by atoms with Crippen molar-refractivity contribution < 1.29 is 0 Å². The number of hydrogen-bond donors (Lipinski definition) is 2. The van der Waals surface area contributed by atoms with Crippen LogP contribution in [-0.2, 0) is 6.42 Å². The van der Waals surface area contributed by atoms with Gasteiger partial charge in [-0.2, -0.15) is 0 Å². The SMILES string of the molecule is CCCCNC(C)C.CCc1cccc(N)c1. The Morgan fingerprint density at radius 2 is 1.94 bits per heavy atom. The van der Waals surface area contributed by atoms with E-state index >= 15 is 0 Å². The monoisotopic (exact) mass is 236 g/mol. The third kappa shape index (κ3) is 9.88. The third-order valence-corrected chi connectivity index (χ3v) is 2.44. The number of hydrogen-bond acceptors (Lipinski definition) is 2. The molecule has 0 bridgehead atoms. The zero-order valence-electron chi connectivity index (χ0n) is 11.8. The topological polar surface area (TPSA) is 38.0 Å². The highest BCUT2D eigenvalue weighted by atomic mass is 14.9. The van der Waals surface area contributed by atoms with Crippen LogP contribution >= 0.6 is 0 Å². The van der Waals surface area contributed by atoms with Gasteiger partial charge in [-0.05, 0) is 37.1 Å². The molecule has 0 saturated carbocycles. The highest BCUT2D eigenvalue weighted by Crippen LogP contribution is 2.05. The van der Waals surface area contributed by atoms with Crippen LogP contribution in [-0.4, -0.2) is 12.6 Å². The van der Waals surface area contributed by atoms with E-state index in [-0.39, 0.29) is 0 Å². The molecular weight excluding hydrogens is 208 g/mol. The van der Waals surface area contributed by atoms with Crippen LogP contribution in [0.1, 0.15) is 46.1 Å². The Morgan fingerprint density at radius 3 is 2.35 bits per heavy atom. The first kappa shape index (κ1) is 16.0. The molecule has 2 nitrogen and oxygen atoms in total. The molecule has 17 heavy (non-hydrogen) atoms. The van der Waals surface area contributed by atoms with Crippen LogP contribution in [0.3, 0.4) is 0 Å². The van der Waals surface area contributed by atoms with E-state index in [4.69, 9.17) is 5.73 Å². The van der Waals surface area contributed by atoms with Crippen molar-refractivity contribution in [3.8, 4) is 0 Å². The number of anilines is 1. The summed E-state index contributed by atoms with van der Waals surface area (Å²) in [5, 5.41) is 3.35. The summed E-state index contributed by atoms with van der Waals surface area (Å²) >= 11 is 0. The Kier molecular flexibility index (Phi) is 9.55. The Balaban J connectivity index is 0.000000304. The average molecular weight is 236 g/mol. The van der Waals surface area contributed by atoms with E-state index in [1.54, 1.807) is 0 Å². The molecule has 1 aromatic carbocycles. The summed E-state index contributed by atoms with van der Waals surface area (Å²) in [4.78, 5) is 0. The summed E-state index contributed by atoms with van der Waals surface area (Å²) in [5.41, 5.74) is 7.69. The summed E-state index contributed by atoms with van der Waals surface area (Å²) in [6, 6.07) is 8.62. The van der Waals surface area contributed by atoms with E-state index < -0.39 is 0 Å². The molecule has 3 N–H and O–H groups in total. The van der Waals surface area contributed by atoms with Crippen molar-refractivity contribution >= 4 is 5.69 Å². The molecular formula is C15H28N2. The van der Waals surface area contributed by atoms with Gasteiger partial charge in [-0.1, -0.05) is 46.2 Å². The molecule has 1 rings (SSSR count). The first-order valence-electron chi connectivity index (χ1n) is 6.67. The fraction of sp³-hybridized carbons (Fsp3) is 0.600. The largest absolute Gasteiger partial charge is 0.399 e. The highest BCUT2D eigenvalue weighted by molar-refractivity contribution is 5.40. The van der Waals surface area contributed by atoms with Crippen molar-refractivity contribution in [1.29, 1.82) is 0 Å². The van der Waals surface area contributed by atoms with E-state index in [2.05, 4.69) is 39.1 Å². The summed E-state index contributed by atoms with van der Waals surface area (Å²) in [6.07, 6.45) is 3.66. The van der Waals surface area contributed by atoms with Gasteiger partial charge in [-0.3, -0.25) is 0 Å². The standard InChI is InChI=1S/C8H11N.C7H17N/c1-2-7-4-3-5-8(9)6-7;1-4-5-6-8-7(2)3/h3-6H,2,9H2,1H3;7-8H,4-6H2,1-3H3. The predicted molar refractivity (Wildman–Crippen MR) is 78.3 cm³/mol. The lowest BCUT2D eigenvalue weighted by Crippen LogP contribution is -2.23. The number of aryl methyl sites for hydroxylation is 1. The Bertz CT molecular complexity index is 282. The fourth-order valence-corrected chi connectivity index (χ4v) is 1.38. The molecule has 0 unspecified atom stereocenters. The Labute approximate surface area is 107 Å². The van der Waals surface area contributed by atoms with Gasteiger partial charge >= 0.3 is 0 Å². The van der Waals surface area contributed by atoms with Crippen LogP contribution < -0.4 is 11.1 Å². The summed E-state index contributed by atoms with van der Waals surface area (Å²) in [5.74, 6) is 0. The number of unbranched alkanes of at least 4 members (excludes halogenated alkanes) is 1. The predicted octanol–water partition coefficient (Wildman–Crippen LogP) is 3.62. The van der Waals surface area contributed by atoms with Gasteiger partial charge < -0.3 is 11.1 Å². The van der Waals surface area contributed by atoms with Gasteiger partial charge in [0.15, 0.2) is 0 Å². The molecule has 0 aliphatic rings. The summed E-state index contributed by atoms with van der Waals surface area (Å²) in [7, 11) is 0. The van der Waals surface area contributed by atoms with Crippen molar-refractivity contribution in [2.75, 3.05) is 12.3 Å². The van der Waals surface area contributed by atoms with Gasteiger partial charge in [-0.25, -0.2) is 0 Å². The molecule has 1 aromatic rings. The number of rotatable bonds is 5. The molecule has 0 fully saturated rings. The molecule has 0 aliphatic carbocycles. The van der Waals surface area contributed by atoms with Gasteiger partial charge in [-0.15, -0.1) is 0 Å². The normalized spacial score (nSPS) is 9.94. The molecule has 0 aromatic heterocycles. The van der Waals surface area contributed by atoms with Gasteiger partial charge in [0.1, 0.15) is 0 Å². The lowest BCUT2D eigenvalue weighted by atomic mass is 10.1. The van der Waals surface area contributed by atoms with Crippen LogP contribution in [0.15, 0.2) is 24.3 Å². The second-order valence-corrected chi connectivity index (χ2v) is 4.56. The van der Waals surface area contributed by atoms with E-state index in [1.165, 1.54) is 24.9 Å². The lowest BCUT2D eigenvalue weighted by Gasteiger charge is -2.05. The maximum absolute atomic E-state index is 5.53. The van der Waals surface area contributed by atoms with Crippen molar-refractivity contribution in [2.45, 2.75) is 53.0 Å². The molecule has 0 saturated heterocycles. The molecule has 2 heteroatoms. The van der Waals surface area contributed by atoms with E-state index in [9.17, 15) is 0 Å². The van der Waals surface area contributed by atoms with Gasteiger partial charge in [0.05, 0.1) is 0 Å². The van der Waals surface area contributed by atoms with Crippen LogP contribution in [0.25, 0.3) is 0 Å². The van der Waals surface area contributed by atoms with Crippen LogP contribution in [0.5, 0.6) is 0 Å². The maximum atomic E-state index is 5.53. The van der Waals surface area contributed by atoms with Crippen molar-refractivity contribution in [2.24, 2.45) is 0 Å². The van der Waals surface area contributed by atoms with E-state index in [0.717, 1.165) is 12.1 Å². The summed E-state index contributed by atoms with van der Waals surface area (Å²) < 4.78 is 0. The second kappa shape index (κ2) is 10.2. The Morgan fingerprint density at radius 1 is 1.24 bits per heavy atom. The highest BCUT2D eigenvalue weighted by Gasteiger charge is 1.87. The third-order valence-electron chi connectivity index (χ3n) is 2.44. The van der Waals surface area contributed by atoms with E-state index in [0.29, 0.717) is 6.04 Å². The first-order chi connectivity index (χ1) is 8.10. The van der Waals surface area contributed by atoms with Crippen LogP contribution in [0.2, 0.25) is 0 Å². The van der Waals surface area contributed by atoms with Gasteiger partial charge in [0.25, 0.3) is 0 Å². The fourth-order valence-electron chi connectivity index (χ4n) is 1.38. The lowest BCUT2D eigenvalue weighted by molar-refractivity contribution is 0.566. The molecule has 98 valence electrons. The minimum absolute atomic E-state index is 0.654. The van der Waals surface area contributed by atoms with Gasteiger partial charge in [0.2, 0.25) is 0 Å². The van der Waals surface area contributed by atoms with Crippen molar-refractivity contribution in [3.05, 3.63) is 29.8 Å². The molecule has 0 amide bonds. The van der Waals surface area contributed by atoms with Gasteiger partial charge in [0, 0.05) is 11.7 Å². The zero-order chi connectivity index (χ0) is 13.1. The molecule has 0 atom stereocenters. The first-order valence-corrected chi connectivity index (χ1v) is 6.67. The quantitative estimate of drug-likeness (QED) is 0.605. The van der Waals surface area contributed by atoms with Crippen molar-refractivity contribution in [3.63, 3.8) is 0 Å². The zero-order valence-corrected chi connectivity index (χ0v) is 11.8. The number of nitrogen functional groups attached to an aromatic ring is 1. The Hall–Kier alpha value is -1.02. The number of benzene rings is 1. The second-order valence-electron chi connectivity index (χ2n) is 4.56. The molecule has 0 spiro atoms. The maximum Gasteiger partial charge on any atom is 0.0316 e. The van der Waals surface area contributed by atoms with Crippen LogP contribution in [0.4, 0.5) is 5.69 Å². The number of nitrogens with two attached hydrogens (primary N) is 1.